The Morgan fingerprint density at radius 2 is 1.91 bits per heavy atom. The largest absolute Gasteiger partial charge is 0.472 e. The molecule has 2 aromatic carbocycles. The van der Waals surface area contributed by atoms with Gasteiger partial charge in [-0.25, -0.2) is 4.98 Å². The number of aromatic nitrogens is 2. The molecular formula is C24H20N4O4. The van der Waals surface area contributed by atoms with E-state index in [1.807, 2.05) is 42.5 Å². The van der Waals surface area contributed by atoms with Gasteiger partial charge in [0.05, 0.1) is 18.1 Å². The monoisotopic (exact) mass is 428 g/mol. The molecule has 1 saturated heterocycles. The summed E-state index contributed by atoms with van der Waals surface area (Å²) in [5.74, 6) is -0.512. The van der Waals surface area contributed by atoms with Crippen LogP contribution in [0.1, 0.15) is 34.3 Å². The lowest BCUT2D eigenvalue weighted by Gasteiger charge is -2.29. The maximum absolute atomic E-state index is 12.9. The molecule has 2 aliphatic rings. The lowest BCUT2D eigenvalue weighted by Crippen LogP contribution is -2.52. The number of nitrogens with zero attached hydrogens (tertiary/aromatic N) is 3. The molecule has 160 valence electrons. The molecule has 0 bridgehead atoms. The van der Waals surface area contributed by atoms with E-state index >= 15 is 0 Å². The van der Waals surface area contributed by atoms with E-state index in [9.17, 15) is 14.4 Å². The predicted octanol–water partition coefficient (Wildman–Crippen LogP) is 2.48. The predicted molar refractivity (Wildman–Crippen MR) is 114 cm³/mol. The van der Waals surface area contributed by atoms with Gasteiger partial charge in [0, 0.05) is 24.1 Å². The van der Waals surface area contributed by atoms with Crippen molar-refractivity contribution in [3.63, 3.8) is 0 Å². The van der Waals surface area contributed by atoms with Crippen molar-refractivity contribution in [1.82, 2.24) is 20.2 Å². The van der Waals surface area contributed by atoms with Gasteiger partial charge in [0.25, 0.3) is 5.91 Å². The highest BCUT2D eigenvalue weighted by Crippen LogP contribution is 2.31. The van der Waals surface area contributed by atoms with Crippen LogP contribution in [-0.4, -0.2) is 38.6 Å². The number of fused-ring (bicyclic) bond motifs is 1. The molecule has 1 aromatic heterocycles. The van der Waals surface area contributed by atoms with Crippen LogP contribution in [0.15, 0.2) is 60.9 Å². The Morgan fingerprint density at radius 3 is 2.72 bits per heavy atom. The number of ether oxygens (including phenoxy) is 1. The SMILES string of the molecule is O=C1CCC(N2Cc3cc(-c4cncc(OCc5ccccc5)n4)ccc3C2=O)C(=O)N1. The van der Waals surface area contributed by atoms with Crippen LogP contribution >= 0.6 is 0 Å². The number of piperidine rings is 1. The molecule has 0 radical (unpaired) electrons. The third kappa shape index (κ3) is 3.82. The molecule has 2 aliphatic heterocycles. The molecule has 1 atom stereocenters. The van der Waals surface area contributed by atoms with Gasteiger partial charge in [-0.2, -0.15) is 0 Å². The number of carbonyl (C=O) groups excluding carboxylic acids is 3. The standard InChI is InChI=1S/C24H20N4O4/c29-21-9-8-20(23(30)27-21)28-13-17-10-16(6-7-18(17)24(28)31)19-11-25-12-22(26-19)32-14-15-4-2-1-3-5-15/h1-7,10-12,20H,8-9,13-14H2,(H,27,29,30). The molecule has 0 saturated carbocycles. The van der Waals surface area contributed by atoms with E-state index in [-0.39, 0.29) is 18.2 Å². The number of benzene rings is 2. The Kier molecular flexibility index (Phi) is 5.10. The Hall–Kier alpha value is -4.07. The molecule has 0 aliphatic carbocycles. The number of hydrogen-bond donors (Lipinski definition) is 1. The second-order valence-electron chi connectivity index (χ2n) is 7.79. The number of nitrogens with one attached hydrogen (secondary N) is 1. The number of amides is 3. The minimum Gasteiger partial charge on any atom is -0.472 e. The lowest BCUT2D eigenvalue weighted by atomic mass is 10.0. The first-order valence-electron chi connectivity index (χ1n) is 10.4. The van der Waals surface area contributed by atoms with Crippen molar-refractivity contribution in [3.05, 3.63) is 77.6 Å². The molecule has 1 unspecified atom stereocenters. The van der Waals surface area contributed by atoms with Gasteiger partial charge < -0.3 is 9.64 Å². The molecule has 3 aromatic rings. The topological polar surface area (TPSA) is 101 Å². The molecule has 1 fully saturated rings. The zero-order valence-electron chi connectivity index (χ0n) is 17.2. The average molecular weight is 428 g/mol. The third-order valence-corrected chi connectivity index (χ3v) is 5.66. The number of hydrogen-bond acceptors (Lipinski definition) is 6. The smallest absolute Gasteiger partial charge is 0.255 e. The zero-order valence-corrected chi connectivity index (χ0v) is 17.2. The fourth-order valence-corrected chi connectivity index (χ4v) is 4.02. The van der Waals surface area contributed by atoms with Gasteiger partial charge in [0.1, 0.15) is 12.6 Å². The molecule has 1 N–H and O–H groups in total. The highest BCUT2D eigenvalue weighted by molar-refractivity contribution is 6.05. The van der Waals surface area contributed by atoms with Crippen LogP contribution in [0.4, 0.5) is 0 Å². The number of rotatable bonds is 5. The average Bonchev–Trinajstić information content (AvgIpc) is 3.14. The summed E-state index contributed by atoms with van der Waals surface area (Å²) in [5, 5.41) is 2.32. The van der Waals surface area contributed by atoms with Gasteiger partial charge >= 0.3 is 0 Å². The normalized spacial score (nSPS) is 17.8. The maximum Gasteiger partial charge on any atom is 0.255 e. The Morgan fingerprint density at radius 1 is 1.06 bits per heavy atom. The third-order valence-electron chi connectivity index (χ3n) is 5.66. The molecule has 8 nitrogen and oxygen atoms in total. The van der Waals surface area contributed by atoms with Crippen LogP contribution in [0.25, 0.3) is 11.3 Å². The van der Waals surface area contributed by atoms with Gasteiger partial charge in [-0.3, -0.25) is 24.7 Å². The highest BCUT2D eigenvalue weighted by atomic mass is 16.5. The summed E-state index contributed by atoms with van der Waals surface area (Å²) in [6, 6.07) is 14.6. The summed E-state index contributed by atoms with van der Waals surface area (Å²) in [7, 11) is 0. The van der Waals surface area contributed by atoms with Crippen molar-refractivity contribution >= 4 is 17.7 Å². The first-order valence-corrected chi connectivity index (χ1v) is 10.4. The minimum absolute atomic E-state index is 0.202. The second kappa shape index (κ2) is 8.22. The van der Waals surface area contributed by atoms with Gasteiger partial charge in [0.2, 0.25) is 17.7 Å². The highest BCUT2D eigenvalue weighted by Gasteiger charge is 2.39. The van der Waals surface area contributed by atoms with E-state index in [1.165, 1.54) is 4.90 Å². The van der Waals surface area contributed by atoms with Crippen LogP contribution < -0.4 is 10.1 Å². The quantitative estimate of drug-likeness (QED) is 0.627. The van der Waals surface area contributed by atoms with E-state index in [4.69, 9.17) is 4.74 Å². The van der Waals surface area contributed by atoms with E-state index in [2.05, 4.69) is 15.3 Å². The molecule has 32 heavy (non-hydrogen) atoms. The van der Waals surface area contributed by atoms with Crippen LogP contribution in [-0.2, 0) is 22.7 Å². The maximum atomic E-state index is 12.9. The van der Waals surface area contributed by atoms with Crippen molar-refractivity contribution in [2.45, 2.75) is 32.0 Å². The van der Waals surface area contributed by atoms with E-state index in [1.54, 1.807) is 18.5 Å². The molecule has 5 rings (SSSR count). The zero-order chi connectivity index (χ0) is 22.1. The first kappa shape index (κ1) is 19.9. The summed E-state index contributed by atoms with van der Waals surface area (Å²) < 4.78 is 5.77. The molecule has 3 heterocycles. The fourth-order valence-electron chi connectivity index (χ4n) is 4.02. The summed E-state index contributed by atoms with van der Waals surface area (Å²) in [5.41, 5.74) is 3.84. The van der Waals surface area contributed by atoms with Gasteiger partial charge in [-0.15, -0.1) is 0 Å². The summed E-state index contributed by atoms with van der Waals surface area (Å²) in [6.07, 6.45) is 3.77. The van der Waals surface area contributed by atoms with Crippen LogP contribution in [0.5, 0.6) is 5.88 Å². The summed E-state index contributed by atoms with van der Waals surface area (Å²) in [4.78, 5) is 46.8. The van der Waals surface area contributed by atoms with Crippen LogP contribution in [0, 0.1) is 0 Å². The van der Waals surface area contributed by atoms with Crippen molar-refractivity contribution in [2.24, 2.45) is 0 Å². The minimum atomic E-state index is -0.634. The van der Waals surface area contributed by atoms with Gasteiger partial charge in [0.15, 0.2) is 0 Å². The van der Waals surface area contributed by atoms with E-state index in [0.717, 1.165) is 16.7 Å². The summed E-state index contributed by atoms with van der Waals surface area (Å²) in [6.45, 7) is 0.699. The molecule has 3 amide bonds. The van der Waals surface area contributed by atoms with Crippen molar-refractivity contribution in [2.75, 3.05) is 0 Å². The first-order chi connectivity index (χ1) is 15.6. The fraction of sp³-hybridized carbons (Fsp3) is 0.208. The second-order valence-corrected chi connectivity index (χ2v) is 7.79. The Bertz CT molecular complexity index is 1210. The Balaban J connectivity index is 1.34. The van der Waals surface area contributed by atoms with E-state index in [0.29, 0.717) is 36.7 Å². The Labute approximate surface area is 184 Å². The molecule has 8 heteroatoms. The number of imide groups is 1. The lowest BCUT2D eigenvalue weighted by molar-refractivity contribution is -0.136. The van der Waals surface area contributed by atoms with Crippen LogP contribution in [0.3, 0.4) is 0 Å². The van der Waals surface area contributed by atoms with E-state index < -0.39 is 11.9 Å². The molecular weight excluding hydrogens is 408 g/mol. The van der Waals surface area contributed by atoms with Crippen molar-refractivity contribution in [3.8, 4) is 17.1 Å². The van der Waals surface area contributed by atoms with Crippen LogP contribution in [0.2, 0.25) is 0 Å². The number of carbonyl (C=O) groups is 3. The van der Waals surface area contributed by atoms with Gasteiger partial charge in [-0.05, 0) is 29.7 Å². The van der Waals surface area contributed by atoms with Gasteiger partial charge in [-0.1, -0.05) is 36.4 Å². The molecule has 0 spiro atoms. The van der Waals surface area contributed by atoms with Crippen molar-refractivity contribution in [1.29, 1.82) is 0 Å². The summed E-state index contributed by atoms with van der Waals surface area (Å²) >= 11 is 0. The van der Waals surface area contributed by atoms with Crippen molar-refractivity contribution < 1.29 is 19.1 Å².